The molecular formula is C21H24BrClN3O4+. The van der Waals surface area contributed by atoms with Gasteiger partial charge in [0.15, 0.2) is 18.0 Å². The van der Waals surface area contributed by atoms with Crippen molar-refractivity contribution in [2.75, 3.05) is 40.0 Å². The molecule has 7 nitrogen and oxygen atoms in total. The zero-order chi connectivity index (χ0) is 21.3. The fourth-order valence-electron chi connectivity index (χ4n) is 2.97. The van der Waals surface area contributed by atoms with E-state index in [0.29, 0.717) is 48.5 Å². The molecule has 0 spiro atoms. The van der Waals surface area contributed by atoms with Crippen LogP contribution >= 0.6 is 27.5 Å². The Morgan fingerprint density at radius 2 is 2.03 bits per heavy atom. The number of quaternary nitrogens is 1. The fraction of sp³-hybridized carbons (Fsp3) is 0.333. The molecule has 1 aliphatic heterocycles. The standard InChI is InChI=1S/C21H23BrClN3O4/c1-28-19-11-16(12-24-25-20(27)13-26-6-8-29-9-7-26)10-18(23)21(19)30-14-15-2-4-17(22)5-3-15/h2-5,10-12H,6-9,13-14H2,1H3,(H,25,27)/p+1. The first-order valence-electron chi connectivity index (χ1n) is 9.53. The van der Waals surface area contributed by atoms with Gasteiger partial charge in [0.25, 0.3) is 5.91 Å². The molecule has 0 aromatic heterocycles. The van der Waals surface area contributed by atoms with Gasteiger partial charge in [0.2, 0.25) is 0 Å². The Balaban J connectivity index is 1.59. The number of hydrogen-bond donors (Lipinski definition) is 2. The number of morpholine rings is 1. The first-order valence-corrected chi connectivity index (χ1v) is 10.7. The van der Waals surface area contributed by atoms with Crippen LogP contribution in [0.5, 0.6) is 11.5 Å². The van der Waals surface area contributed by atoms with Gasteiger partial charge in [0.05, 0.1) is 31.6 Å². The summed E-state index contributed by atoms with van der Waals surface area (Å²) in [5, 5.41) is 4.43. The zero-order valence-corrected chi connectivity index (χ0v) is 19.0. The molecule has 1 amide bonds. The van der Waals surface area contributed by atoms with Crippen LogP contribution < -0.4 is 19.8 Å². The normalized spacial score (nSPS) is 14.6. The van der Waals surface area contributed by atoms with E-state index in [-0.39, 0.29) is 5.91 Å². The maximum Gasteiger partial charge on any atom is 0.295 e. The van der Waals surface area contributed by atoms with Crippen molar-refractivity contribution in [1.29, 1.82) is 0 Å². The van der Waals surface area contributed by atoms with Crippen molar-refractivity contribution in [2.24, 2.45) is 5.10 Å². The number of hydrogen-bond acceptors (Lipinski definition) is 5. The maximum atomic E-state index is 12.0. The van der Waals surface area contributed by atoms with Crippen LogP contribution in [0.1, 0.15) is 11.1 Å². The summed E-state index contributed by atoms with van der Waals surface area (Å²) >= 11 is 9.81. The Morgan fingerprint density at radius 3 is 2.73 bits per heavy atom. The molecule has 160 valence electrons. The predicted octanol–water partition coefficient (Wildman–Crippen LogP) is 2.06. The summed E-state index contributed by atoms with van der Waals surface area (Å²) in [6.07, 6.45) is 1.53. The summed E-state index contributed by atoms with van der Waals surface area (Å²) in [6.45, 7) is 3.74. The van der Waals surface area contributed by atoms with E-state index in [9.17, 15) is 4.79 Å². The quantitative estimate of drug-likeness (QED) is 0.433. The third kappa shape index (κ3) is 6.70. The molecule has 0 saturated carbocycles. The van der Waals surface area contributed by atoms with Crippen LogP contribution in [0, 0.1) is 0 Å². The number of carbonyl (C=O) groups excluding carboxylic acids is 1. The number of carbonyl (C=O) groups is 1. The Kier molecular flexibility index (Phi) is 8.50. The van der Waals surface area contributed by atoms with Crippen LogP contribution in [-0.4, -0.2) is 52.1 Å². The highest BCUT2D eigenvalue weighted by molar-refractivity contribution is 9.10. The van der Waals surface area contributed by atoms with Gasteiger partial charge >= 0.3 is 0 Å². The molecule has 2 N–H and O–H groups in total. The van der Waals surface area contributed by atoms with E-state index in [1.807, 2.05) is 24.3 Å². The molecule has 0 unspecified atom stereocenters. The van der Waals surface area contributed by atoms with Crippen LogP contribution in [0.2, 0.25) is 5.02 Å². The lowest BCUT2D eigenvalue weighted by molar-refractivity contribution is -0.900. The first kappa shape index (κ1) is 22.6. The molecule has 2 aromatic carbocycles. The largest absolute Gasteiger partial charge is 0.493 e. The molecule has 0 aliphatic carbocycles. The minimum absolute atomic E-state index is 0.143. The zero-order valence-electron chi connectivity index (χ0n) is 16.6. The minimum atomic E-state index is -0.143. The Labute approximate surface area is 189 Å². The number of halogens is 2. The van der Waals surface area contributed by atoms with Crippen molar-refractivity contribution in [3.8, 4) is 11.5 Å². The van der Waals surface area contributed by atoms with Gasteiger partial charge in [0.1, 0.15) is 19.7 Å². The second-order valence-electron chi connectivity index (χ2n) is 6.78. The van der Waals surface area contributed by atoms with Crippen molar-refractivity contribution in [3.63, 3.8) is 0 Å². The van der Waals surface area contributed by atoms with Gasteiger partial charge in [-0.25, -0.2) is 5.43 Å². The highest BCUT2D eigenvalue weighted by Gasteiger charge is 2.17. The van der Waals surface area contributed by atoms with E-state index in [1.54, 1.807) is 19.2 Å². The molecular weight excluding hydrogens is 474 g/mol. The summed E-state index contributed by atoms with van der Waals surface area (Å²) < 4.78 is 17.6. The van der Waals surface area contributed by atoms with E-state index in [1.165, 1.54) is 11.1 Å². The fourth-order valence-corrected chi connectivity index (χ4v) is 3.51. The van der Waals surface area contributed by atoms with Gasteiger partial charge in [-0.15, -0.1) is 0 Å². The number of hydrazone groups is 1. The highest BCUT2D eigenvalue weighted by Crippen LogP contribution is 2.36. The van der Waals surface area contributed by atoms with Crippen LogP contribution in [0.4, 0.5) is 0 Å². The van der Waals surface area contributed by atoms with Crippen molar-refractivity contribution in [3.05, 3.63) is 57.0 Å². The monoisotopic (exact) mass is 496 g/mol. The SMILES string of the molecule is COc1cc(C=NNC(=O)C[NH+]2CCOCC2)cc(Cl)c1OCc1ccc(Br)cc1. The molecule has 3 rings (SSSR count). The van der Waals surface area contributed by atoms with Crippen molar-refractivity contribution in [1.82, 2.24) is 5.43 Å². The maximum absolute atomic E-state index is 12.0. The van der Waals surface area contributed by atoms with E-state index in [4.69, 9.17) is 25.8 Å². The van der Waals surface area contributed by atoms with Crippen molar-refractivity contribution >= 4 is 39.7 Å². The molecule has 0 radical (unpaired) electrons. The second kappa shape index (κ2) is 11.3. The number of nitrogens with zero attached hydrogens (tertiary/aromatic N) is 1. The molecule has 2 aromatic rings. The van der Waals surface area contributed by atoms with Gasteiger partial charge < -0.3 is 19.1 Å². The van der Waals surface area contributed by atoms with Gasteiger partial charge in [0, 0.05) is 4.47 Å². The van der Waals surface area contributed by atoms with Crippen LogP contribution in [0.15, 0.2) is 46.0 Å². The topological polar surface area (TPSA) is 73.6 Å². The van der Waals surface area contributed by atoms with Crippen molar-refractivity contribution < 1.29 is 23.9 Å². The van der Waals surface area contributed by atoms with E-state index >= 15 is 0 Å². The summed E-state index contributed by atoms with van der Waals surface area (Å²) in [4.78, 5) is 13.2. The van der Waals surface area contributed by atoms with Gasteiger partial charge in [-0.3, -0.25) is 4.79 Å². The summed E-state index contributed by atoms with van der Waals surface area (Å²) in [6, 6.07) is 11.3. The lowest BCUT2D eigenvalue weighted by atomic mass is 10.2. The Morgan fingerprint density at radius 1 is 1.30 bits per heavy atom. The van der Waals surface area contributed by atoms with Crippen LogP contribution in [-0.2, 0) is 16.1 Å². The number of methoxy groups -OCH3 is 1. The number of benzene rings is 2. The lowest BCUT2D eigenvalue weighted by Gasteiger charge is -2.22. The summed E-state index contributed by atoms with van der Waals surface area (Å²) in [5.74, 6) is 0.806. The third-order valence-corrected chi connectivity index (χ3v) is 5.37. The molecule has 1 saturated heterocycles. The average molecular weight is 498 g/mol. The highest BCUT2D eigenvalue weighted by atomic mass is 79.9. The summed E-state index contributed by atoms with van der Waals surface area (Å²) in [5.41, 5.74) is 4.24. The molecule has 9 heteroatoms. The second-order valence-corrected chi connectivity index (χ2v) is 8.10. The number of ether oxygens (including phenoxy) is 3. The lowest BCUT2D eigenvalue weighted by Crippen LogP contribution is -3.15. The predicted molar refractivity (Wildman–Crippen MR) is 119 cm³/mol. The molecule has 30 heavy (non-hydrogen) atoms. The van der Waals surface area contributed by atoms with Crippen LogP contribution in [0.25, 0.3) is 0 Å². The van der Waals surface area contributed by atoms with Gasteiger partial charge in [-0.1, -0.05) is 39.7 Å². The number of rotatable bonds is 8. The average Bonchev–Trinajstić information content (AvgIpc) is 2.74. The van der Waals surface area contributed by atoms with Gasteiger partial charge in [-0.2, -0.15) is 5.10 Å². The van der Waals surface area contributed by atoms with Crippen LogP contribution in [0.3, 0.4) is 0 Å². The Hall–Kier alpha value is -2.13. The summed E-state index contributed by atoms with van der Waals surface area (Å²) in [7, 11) is 1.55. The van der Waals surface area contributed by atoms with E-state index in [2.05, 4.69) is 26.5 Å². The third-order valence-electron chi connectivity index (χ3n) is 4.56. The van der Waals surface area contributed by atoms with E-state index < -0.39 is 0 Å². The molecule has 1 aliphatic rings. The Bertz CT molecular complexity index is 887. The molecule has 1 heterocycles. The first-order chi connectivity index (χ1) is 14.5. The molecule has 1 fully saturated rings. The number of amides is 1. The smallest absolute Gasteiger partial charge is 0.295 e. The van der Waals surface area contributed by atoms with Gasteiger partial charge in [-0.05, 0) is 35.4 Å². The molecule has 0 atom stereocenters. The molecule has 0 bridgehead atoms. The minimum Gasteiger partial charge on any atom is -0.493 e. The van der Waals surface area contributed by atoms with Crippen molar-refractivity contribution in [2.45, 2.75) is 6.61 Å². The number of nitrogens with one attached hydrogen (secondary N) is 2. The van der Waals surface area contributed by atoms with E-state index in [0.717, 1.165) is 23.1 Å².